The molecule has 7 heteroatoms. The Kier molecular flexibility index (Phi) is 4.26. The van der Waals surface area contributed by atoms with Gasteiger partial charge in [0.05, 0.1) is 17.7 Å². The second-order valence-corrected chi connectivity index (χ2v) is 6.27. The van der Waals surface area contributed by atoms with Gasteiger partial charge in [-0.05, 0) is 19.8 Å². The van der Waals surface area contributed by atoms with E-state index in [1.165, 1.54) is 12.8 Å². The number of hydrogen-bond acceptors (Lipinski definition) is 6. The molecule has 120 valence electrons. The van der Waals surface area contributed by atoms with E-state index in [1.807, 2.05) is 6.92 Å². The standard InChI is InChI=1S/C15H23N5O2/c1-9(20-7-11(21)8-20)13-18-14(12(6-16)15(22)19-13)17-10-4-2-3-5-10/h6,9-11,16,21H,2-5,7-8H2,1H3,(H2,17,18,19,22). The Balaban J connectivity index is 1.86. The van der Waals surface area contributed by atoms with Gasteiger partial charge in [0.1, 0.15) is 11.6 Å². The van der Waals surface area contributed by atoms with E-state index >= 15 is 0 Å². The highest BCUT2D eigenvalue weighted by Crippen LogP contribution is 2.25. The van der Waals surface area contributed by atoms with Gasteiger partial charge in [0, 0.05) is 25.3 Å². The van der Waals surface area contributed by atoms with Crippen molar-refractivity contribution in [3.05, 3.63) is 21.7 Å². The molecule has 1 saturated carbocycles. The molecule has 1 aliphatic carbocycles. The van der Waals surface area contributed by atoms with Gasteiger partial charge in [-0.3, -0.25) is 9.69 Å². The van der Waals surface area contributed by atoms with Gasteiger partial charge in [0.15, 0.2) is 0 Å². The number of aromatic nitrogens is 2. The summed E-state index contributed by atoms with van der Waals surface area (Å²) in [6.45, 7) is 3.17. The van der Waals surface area contributed by atoms with Gasteiger partial charge in [0.2, 0.25) is 0 Å². The molecule has 1 unspecified atom stereocenters. The summed E-state index contributed by atoms with van der Waals surface area (Å²) >= 11 is 0. The molecule has 0 amide bonds. The number of aliphatic hydroxyl groups is 1. The highest BCUT2D eigenvalue weighted by Gasteiger charge is 2.31. The predicted molar refractivity (Wildman–Crippen MR) is 84.6 cm³/mol. The molecule has 1 aromatic rings. The van der Waals surface area contributed by atoms with Crippen molar-refractivity contribution >= 4 is 12.0 Å². The fourth-order valence-corrected chi connectivity index (χ4v) is 3.18. The molecule has 0 radical (unpaired) electrons. The molecule has 22 heavy (non-hydrogen) atoms. The van der Waals surface area contributed by atoms with E-state index in [9.17, 15) is 9.90 Å². The first kappa shape index (κ1) is 15.2. The average molecular weight is 305 g/mol. The van der Waals surface area contributed by atoms with Crippen LogP contribution in [0.4, 0.5) is 5.82 Å². The van der Waals surface area contributed by atoms with Gasteiger partial charge in [-0.15, -0.1) is 0 Å². The molecule has 2 heterocycles. The van der Waals surface area contributed by atoms with Gasteiger partial charge in [-0.1, -0.05) is 12.8 Å². The molecule has 0 aromatic carbocycles. The normalized spacial score (nSPS) is 21.5. The van der Waals surface area contributed by atoms with Crippen molar-refractivity contribution in [2.24, 2.45) is 0 Å². The Bertz CT molecular complexity index is 602. The van der Waals surface area contributed by atoms with Crippen LogP contribution in [0.3, 0.4) is 0 Å². The first-order valence-corrected chi connectivity index (χ1v) is 7.92. The van der Waals surface area contributed by atoms with Gasteiger partial charge in [-0.25, -0.2) is 4.98 Å². The molecule has 0 spiro atoms. The fourth-order valence-electron chi connectivity index (χ4n) is 3.18. The summed E-state index contributed by atoms with van der Waals surface area (Å²) in [5.41, 5.74) is -0.0000805. The van der Waals surface area contributed by atoms with Crippen LogP contribution in [0.5, 0.6) is 0 Å². The van der Waals surface area contributed by atoms with Crippen LogP contribution in [-0.4, -0.2) is 51.4 Å². The molecule has 1 saturated heterocycles. The Morgan fingerprint density at radius 3 is 2.73 bits per heavy atom. The van der Waals surface area contributed by atoms with Crippen molar-refractivity contribution in [2.45, 2.75) is 50.8 Å². The average Bonchev–Trinajstić information content (AvgIpc) is 2.96. The fraction of sp³-hybridized carbons (Fsp3) is 0.667. The first-order valence-electron chi connectivity index (χ1n) is 7.92. The molecule has 2 fully saturated rings. The van der Waals surface area contributed by atoms with Crippen LogP contribution >= 0.6 is 0 Å². The van der Waals surface area contributed by atoms with E-state index in [1.54, 1.807) is 0 Å². The van der Waals surface area contributed by atoms with Crippen molar-refractivity contribution in [3.8, 4) is 0 Å². The van der Waals surface area contributed by atoms with E-state index in [-0.39, 0.29) is 23.3 Å². The minimum absolute atomic E-state index is 0.0555. The summed E-state index contributed by atoms with van der Waals surface area (Å²) in [6, 6.07) is 0.280. The van der Waals surface area contributed by atoms with Crippen LogP contribution in [0.25, 0.3) is 0 Å². The number of β-amino-alcohol motifs (C(OH)–C–C–N with tert-alkyl or cyclic N) is 1. The molecule has 1 aromatic heterocycles. The lowest BCUT2D eigenvalue weighted by Gasteiger charge is -2.39. The molecule has 3 rings (SSSR count). The van der Waals surface area contributed by atoms with Crippen molar-refractivity contribution < 1.29 is 5.11 Å². The Morgan fingerprint density at radius 2 is 2.14 bits per heavy atom. The highest BCUT2D eigenvalue weighted by atomic mass is 16.3. The number of nitrogens with one attached hydrogen (secondary N) is 3. The maximum Gasteiger partial charge on any atom is 0.261 e. The summed E-state index contributed by atoms with van der Waals surface area (Å²) in [6.07, 6.45) is 5.31. The summed E-state index contributed by atoms with van der Waals surface area (Å²) in [5, 5.41) is 20.2. The van der Waals surface area contributed by atoms with Crippen molar-refractivity contribution in [1.29, 1.82) is 5.41 Å². The zero-order valence-electron chi connectivity index (χ0n) is 12.8. The molecular formula is C15H23N5O2. The smallest absolute Gasteiger partial charge is 0.261 e. The lowest BCUT2D eigenvalue weighted by molar-refractivity contribution is -0.0230. The van der Waals surface area contributed by atoms with Crippen LogP contribution in [0, 0.1) is 5.41 Å². The predicted octanol–water partition coefficient (Wildman–Crippen LogP) is 0.860. The summed E-state index contributed by atoms with van der Waals surface area (Å²) < 4.78 is 0. The number of H-pyrrole nitrogens is 1. The van der Waals surface area contributed by atoms with Crippen LogP contribution in [0.2, 0.25) is 0 Å². The number of anilines is 1. The minimum Gasteiger partial charge on any atom is -0.390 e. The van der Waals surface area contributed by atoms with Gasteiger partial charge in [0.25, 0.3) is 5.56 Å². The second kappa shape index (κ2) is 6.18. The van der Waals surface area contributed by atoms with Crippen molar-refractivity contribution in [1.82, 2.24) is 14.9 Å². The minimum atomic E-state index is -0.286. The number of aliphatic hydroxyl groups excluding tert-OH is 1. The lowest BCUT2D eigenvalue weighted by atomic mass is 10.1. The van der Waals surface area contributed by atoms with E-state index in [0.717, 1.165) is 19.1 Å². The Hall–Kier alpha value is -1.73. The zero-order valence-corrected chi connectivity index (χ0v) is 12.8. The number of likely N-dealkylation sites (tertiary alicyclic amines) is 1. The summed E-state index contributed by atoms with van der Waals surface area (Å²) in [7, 11) is 0. The topological polar surface area (TPSA) is 105 Å². The van der Waals surface area contributed by atoms with Gasteiger partial charge < -0.3 is 20.8 Å². The molecular weight excluding hydrogens is 282 g/mol. The number of rotatable bonds is 5. The van der Waals surface area contributed by atoms with Gasteiger partial charge >= 0.3 is 0 Å². The Morgan fingerprint density at radius 1 is 1.45 bits per heavy atom. The maximum atomic E-state index is 12.2. The maximum absolute atomic E-state index is 12.2. The van der Waals surface area contributed by atoms with Crippen LogP contribution in [-0.2, 0) is 0 Å². The quantitative estimate of drug-likeness (QED) is 0.604. The van der Waals surface area contributed by atoms with E-state index in [2.05, 4.69) is 20.2 Å². The third-order valence-electron chi connectivity index (χ3n) is 4.65. The number of hydrogen-bond donors (Lipinski definition) is 4. The highest BCUT2D eigenvalue weighted by molar-refractivity contribution is 5.83. The molecule has 7 nitrogen and oxygen atoms in total. The largest absolute Gasteiger partial charge is 0.390 e. The van der Waals surface area contributed by atoms with Gasteiger partial charge in [-0.2, -0.15) is 0 Å². The first-order chi connectivity index (χ1) is 10.6. The molecule has 1 aliphatic heterocycles. The summed E-state index contributed by atoms with van der Waals surface area (Å²) in [4.78, 5) is 21.6. The number of aromatic amines is 1. The van der Waals surface area contributed by atoms with Crippen LogP contribution in [0.1, 0.15) is 50.0 Å². The third kappa shape index (κ3) is 2.91. The zero-order chi connectivity index (χ0) is 15.7. The molecule has 2 aliphatic rings. The van der Waals surface area contributed by atoms with E-state index < -0.39 is 0 Å². The van der Waals surface area contributed by atoms with E-state index in [4.69, 9.17) is 5.41 Å². The number of nitrogens with zero attached hydrogens (tertiary/aromatic N) is 2. The van der Waals surface area contributed by atoms with Crippen LogP contribution in [0.15, 0.2) is 4.79 Å². The molecule has 4 N–H and O–H groups in total. The molecule has 0 bridgehead atoms. The monoisotopic (exact) mass is 305 g/mol. The SMILES string of the molecule is CC(c1nc(NC2CCCC2)c(C=N)c(=O)[nH]1)N1CC(O)C1. The summed E-state index contributed by atoms with van der Waals surface area (Å²) in [5.74, 6) is 1.09. The van der Waals surface area contributed by atoms with Crippen molar-refractivity contribution in [3.63, 3.8) is 0 Å². The van der Waals surface area contributed by atoms with Crippen LogP contribution < -0.4 is 10.9 Å². The van der Waals surface area contributed by atoms with Crippen molar-refractivity contribution in [2.75, 3.05) is 18.4 Å². The van der Waals surface area contributed by atoms with E-state index in [0.29, 0.717) is 30.8 Å². The lowest BCUT2D eigenvalue weighted by Crippen LogP contribution is -2.52. The third-order valence-corrected chi connectivity index (χ3v) is 4.65. The second-order valence-electron chi connectivity index (χ2n) is 6.27. The Labute approximate surface area is 129 Å². The molecule has 1 atom stereocenters.